The van der Waals surface area contributed by atoms with Crippen LogP contribution in [0.2, 0.25) is 0 Å². The number of carbonyl (C=O) groups excluding carboxylic acids is 1. The lowest BCUT2D eigenvalue weighted by Crippen LogP contribution is -2.44. The first-order valence-corrected chi connectivity index (χ1v) is 13.5. The second-order valence-corrected chi connectivity index (χ2v) is 10.5. The molecule has 41 heavy (non-hydrogen) atoms. The van der Waals surface area contributed by atoms with Crippen LogP contribution in [-0.2, 0) is 4.79 Å². The zero-order valence-corrected chi connectivity index (χ0v) is 22.4. The number of nitrogens with one attached hydrogen (secondary N) is 2. The number of benzene rings is 2. The molecule has 210 valence electrons. The molecule has 1 atom stereocenters. The number of halogens is 1. The van der Waals surface area contributed by atoms with Gasteiger partial charge in [-0.1, -0.05) is 24.3 Å². The van der Waals surface area contributed by atoms with Gasteiger partial charge in [-0.3, -0.25) is 4.79 Å². The van der Waals surface area contributed by atoms with Crippen LogP contribution in [0.3, 0.4) is 0 Å². The van der Waals surface area contributed by atoms with E-state index in [0.29, 0.717) is 47.6 Å². The SMILES string of the molecule is Cc1ccc2c(NC(=O)C3(F)CC3)cccc2c1Oc1ncccc1-c1ccnc(N[C@H]2CCCN(C(=O)O)C2)n1. The van der Waals surface area contributed by atoms with Crippen LogP contribution in [0.4, 0.5) is 20.8 Å². The zero-order chi connectivity index (χ0) is 28.6. The Morgan fingerprint density at radius 3 is 2.73 bits per heavy atom. The summed E-state index contributed by atoms with van der Waals surface area (Å²) in [6.07, 6.45) is 4.37. The van der Waals surface area contributed by atoms with E-state index in [1.54, 1.807) is 36.7 Å². The van der Waals surface area contributed by atoms with E-state index in [2.05, 4.69) is 25.6 Å². The van der Waals surface area contributed by atoms with Gasteiger partial charge in [0.15, 0.2) is 5.67 Å². The smallest absolute Gasteiger partial charge is 0.407 e. The normalized spacial score (nSPS) is 17.6. The number of carbonyl (C=O) groups is 2. The quantitative estimate of drug-likeness (QED) is 0.261. The van der Waals surface area contributed by atoms with Gasteiger partial charge in [0.05, 0.1) is 11.3 Å². The predicted molar refractivity (Wildman–Crippen MR) is 152 cm³/mol. The molecule has 2 amide bonds. The molecular formula is C30H29FN6O4. The summed E-state index contributed by atoms with van der Waals surface area (Å²) in [5.41, 5.74) is 0.806. The lowest BCUT2D eigenvalue weighted by atomic mass is 10.0. The van der Waals surface area contributed by atoms with Crippen LogP contribution >= 0.6 is 0 Å². The van der Waals surface area contributed by atoms with Crippen molar-refractivity contribution in [2.24, 2.45) is 0 Å². The van der Waals surface area contributed by atoms with Crippen LogP contribution in [0.15, 0.2) is 60.9 Å². The van der Waals surface area contributed by atoms with Crippen molar-refractivity contribution in [3.8, 4) is 22.9 Å². The number of aryl methyl sites for hydroxylation is 1. The molecular weight excluding hydrogens is 527 g/mol. The lowest BCUT2D eigenvalue weighted by molar-refractivity contribution is -0.122. The molecule has 0 unspecified atom stereocenters. The molecule has 0 radical (unpaired) electrons. The maximum atomic E-state index is 14.3. The molecule has 0 bridgehead atoms. The molecule has 2 fully saturated rings. The number of anilines is 2. The summed E-state index contributed by atoms with van der Waals surface area (Å²) < 4.78 is 20.8. The Hall–Kier alpha value is -4.80. The Labute approximate surface area is 235 Å². The Morgan fingerprint density at radius 1 is 1.07 bits per heavy atom. The molecule has 3 heterocycles. The fourth-order valence-electron chi connectivity index (χ4n) is 5.05. The van der Waals surface area contributed by atoms with E-state index < -0.39 is 17.7 Å². The van der Waals surface area contributed by atoms with Crippen LogP contribution < -0.4 is 15.4 Å². The molecule has 2 aromatic carbocycles. The minimum absolute atomic E-state index is 0.0973. The van der Waals surface area contributed by atoms with Gasteiger partial charge in [0.25, 0.3) is 5.91 Å². The Bertz CT molecular complexity index is 1640. The fourth-order valence-corrected chi connectivity index (χ4v) is 5.05. The van der Waals surface area contributed by atoms with Crippen LogP contribution in [-0.4, -0.2) is 61.8 Å². The second-order valence-electron chi connectivity index (χ2n) is 10.5. The molecule has 4 aromatic rings. The largest absolute Gasteiger partial charge is 0.465 e. The highest BCUT2D eigenvalue weighted by Gasteiger charge is 2.51. The number of hydrogen-bond acceptors (Lipinski definition) is 7. The van der Waals surface area contributed by atoms with Crippen molar-refractivity contribution in [3.05, 3.63) is 66.5 Å². The van der Waals surface area contributed by atoms with Gasteiger partial charge >= 0.3 is 6.09 Å². The van der Waals surface area contributed by atoms with E-state index in [1.165, 1.54) is 4.90 Å². The summed E-state index contributed by atoms with van der Waals surface area (Å²) in [7, 11) is 0. The topological polar surface area (TPSA) is 130 Å². The van der Waals surface area contributed by atoms with Crippen molar-refractivity contribution in [2.75, 3.05) is 23.7 Å². The molecule has 1 aliphatic heterocycles. The van der Waals surface area contributed by atoms with E-state index in [-0.39, 0.29) is 18.9 Å². The van der Waals surface area contributed by atoms with Crippen LogP contribution in [0.25, 0.3) is 22.0 Å². The van der Waals surface area contributed by atoms with Gasteiger partial charge < -0.3 is 25.4 Å². The number of likely N-dealkylation sites (tertiary alicyclic amines) is 1. The molecule has 10 nitrogen and oxygen atoms in total. The molecule has 0 spiro atoms. The highest BCUT2D eigenvalue weighted by atomic mass is 19.1. The van der Waals surface area contributed by atoms with Crippen molar-refractivity contribution in [3.63, 3.8) is 0 Å². The molecule has 1 saturated heterocycles. The minimum Gasteiger partial charge on any atom is -0.465 e. The monoisotopic (exact) mass is 556 g/mol. The lowest BCUT2D eigenvalue weighted by Gasteiger charge is -2.31. The van der Waals surface area contributed by atoms with Gasteiger partial charge in [0.2, 0.25) is 11.8 Å². The van der Waals surface area contributed by atoms with E-state index >= 15 is 0 Å². The third-order valence-corrected chi connectivity index (χ3v) is 7.48. The molecule has 6 rings (SSSR count). The Morgan fingerprint density at radius 2 is 1.93 bits per heavy atom. The van der Waals surface area contributed by atoms with Gasteiger partial charge in [-0.05, 0) is 62.4 Å². The third kappa shape index (κ3) is 5.47. The number of rotatable bonds is 7. The standard InChI is InChI=1S/C30H29FN6O4/c1-18-9-10-20-21(6-2-8-23(20)35-27(38)30(31)12-13-30)25(18)41-26-22(7-3-14-32-26)24-11-15-33-28(36-24)34-19-5-4-16-37(17-19)29(39)40/h2-3,6-11,14-15,19H,4-5,12-13,16-17H2,1H3,(H,35,38)(H,39,40)(H,33,34,36)/t19-/m0/s1. The number of fused-ring (bicyclic) bond motifs is 1. The van der Waals surface area contributed by atoms with E-state index in [9.17, 15) is 19.1 Å². The van der Waals surface area contributed by atoms with Crippen molar-refractivity contribution >= 4 is 34.4 Å². The van der Waals surface area contributed by atoms with Gasteiger partial charge in [-0.25, -0.2) is 24.1 Å². The minimum atomic E-state index is -1.78. The molecule has 2 aromatic heterocycles. The van der Waals surface area contributed by atoms with Crippen LogP contribution in [0.1, 0.15) is 31.2 Å². The predicted octanol–water partition coefficient (Wildman–Crippen LogP) is 5.79. The average Bonchev–Trinajstić information content (AvgIpc) is 3.74. The van der Waals surface area contributed by atoms with Crippen LogP contribution in [0, 0.1) is 6.92 Å². The van der Waals surface area contributed by atoms with Crippen molar-refractivity contribution in [2.45, 2.75) is 44.3 Å². The highest BCUT2D eigenvalue weighted by molar-refractivity contribution is 6.07. The number of aromatic nitrogens is 3. The fraction of sp³-hybridized carbons (Fsp3) is 0.300. The van der Waals surface area contributed by atoms with Crippen molar-refractivity contribution in [1.82, 2.24) is 19.9 Å². The molecule has 11 heteroatoms. The van der Waals surface area contributed by atoms with Gasteiger partial charge in [-0.15, -0.1) is 0 Å². The van der Waals surface area contributed by atoms with E-state index in [1.807, 2.05) is 31.2 Å². The highest BCUT2D eigenvalue weighted by Crippen LogP contribution is 2.42. The number of carboxylic acid groups (broad SMARTS) is 1. The third-order valence-electron chi connectivity index (χ3n) is 7.48. The Kier molecular flexibility index (Phi) is 6.86. The number of piperidine rings is 1. The summed E-state index contributed by atoms with van der Waals surface area (Å²) in [5.74, 6) is 0.649. The summed E-state index contributed by atoms with van der Waals surface area (Å²) in [5, 5.41) is 16.8. The Balaban J connectivity index is 1.29. The number of alkyl halides is 1. The number of amides is 2. The van der Waals surface area contributed by atoms with Gasteiger partial charge in [-0.2, -0.15) is 0 Å². The zero-order valence-electron chi connectivity index (χ0n) is 22.4. The number of nitrogens with zero attached hydrogens (tertiary/aromatic N) is 4. The van der Waals surface area contributed by atoms with E-state index in [4.69, 9.17) is 4.74 Å². The van der Waals surface area contributed by atoms with Crippen molar-refractivity contribution in [1.29, 1.82) is 0 Å². The summed E-state index contributed by atoms with van der Waals surface area (Å²) in [4.78, 5) is 38.7. The number of ether oxygens (including phenoxy) is 1. The first kappa shape index (κ1) is 26.4. The first-order valence-electron chi connectivity index (χ1n) is 13.5. The van der Waals surface area contributed by atoms with Gasteiger partial charge in [0, 0.05) is 48.0 Å². The van der Waals surface area contributed by atoms with E-state index in [0.717, 1.165) is 29.2 Å². The summed E-state index contributed by atoms with van der Waals surface area (Å²) in [6, 6.07) is 14.5. The number of hydrogen-bond donors (Lipinski definition) is 3. The van der Waals surface area contributed by atoms with Crippen LogP contribution in [0.5, 0.6) is 11.6 Å². The average molecular weight is 557 g/mol. The summed E-state index contributed by atoms with van der Waals surface area (Å²) in [6.45, 7) is 2.79. The molecule has 1 aliphatic carbocycles. The van der Waals surface area contributed by atoms with Crippen molar-refractivity contribution < 1.29 is 23.8 Å². The molecule has 3 N–H and O–H groups in total. The number of pyridine rings is 1. The summed E-state index contributed by atoms with van der Waals surface area (Å²) >= 11 is 0. The second kappa shape index (κ2) is 10.6. The maximum Gasteiger partial charge on any atom is 0.407 e. The van der Waals surface area contributed by atoms with Gasteiger partial charge in [0.1, 0.15) is 5.75 Å². The molecule has 2 aliphatic rings. The molecule has 1 saturated carbocycles. The first-order chi connectivity index (χ1) is 19.8. The maximum absolute atomic E-state index is 14.3.